The summed E-state index contributed by atoms with van der Waals surface area (Å²) >= 11 is 1.23. The Labute approximate surface area is 169 Å². The minimum Gasteiger partial charge on any atom is -0.497 e. The van der Waals surface area contributed by atoms with Crippen LogP contribution in [0.3, 0.4) is 0 Å². The molecule has 0 atom stereocenters. The van der Waals surface area contributed by atoms with Crippen LogP contribution in [0, 0.1) is 13.8 Å². The van der Waals surface area contributed by atoms with E-state index in [0.717, 1.165) is 28.0 Å². The van der Waals surface area contributed by atoms with Crippen molar-refractivity contribution in [1.29, 1.82) is 0 Å². The molecule has 0 saturated heterocycles. The Bertz CT molecular complexity index is 934. The molecule has 0 fully saturated rings. The molecule has 2 aromatic carbocycles. The normalized spacial score (nSPS) is 14.2. The van der Waals surface area contributed by atoms with E-state index in [2.05, 4.69) is 0 Å². The average molecular weight is 397 g/mol. The van der Waals surface area contributed by atoms with Crippen molar-refractivity contribution in [3.8, 4) is 5.75 Å². The van der Waals surface area contributed by atoms with Crippen LogP contribution in [0.2, 0.25) is 0 Å². The Balaban J connectivity index is 1.94. The van der Waals surface area contributed by atoms with Gasteiger partial charge in [-0.15, -0.1) is 11.8 Å². The maximum absolute atomic E-state index is 13.2. The van der Waals surface area contributed by atoms with Gasteiger partial charge in [-0.2, -0.15) is 0 Å². The number of amides is 2. The summed E-state index contributed by atoms with van der Waals surface area (Å²) in [6.07, 6.45) is 0. The lowest BCUT2D eigenvalue weighted by molar-refractivity contribution is -0.137. The summed E-state index contributed by atoms with van der Waals surface area (Å²) < 4.78 is 5.16. The summed E-state index contributed by atoms with van der Waals surface area (Å²) in [5.41, 5.74) is 4.18. The zero-order chi connectivity index (χ0) is 20.3. The fraction of sp³-hybridized carbons (Fsp3) is 0.273. The van der Waals surface area contributed by atoms with Crippen molar-refractivity contribution in [3.05, 3.63) is 69.6 Å². The first-order chi connectivity index (χ1) is 13.5. The summed E-state index contributed by atoms with van der Waals surface area (Å²) in [4.78, 5) is 27.8. The number of aliphatic hydroxyl groups excluding tert-OH is 1. The molecular formula is C22H23NO4S. The van der Waals surface area contributed by atoms with Gasteiger partial charge >= 0.3 is 0 Å². The van der Waals surface area contributed by atoms with E-state index in [4.69, 9.17) is 4.74 Å². The van der Waals surface area contributed by atoms with Gasteiger partial charge in [-0.1, -0.05) is 30.3 Å². The van der Waals surface area contributed by atoms with Crippen LogP contribution in [0.15, 0.2) is 47.4 Å². The predicted molar refractivity (Wildman–Crippen MR) is 111 cm³/mol. The van der Waals surface area contributed by atoms with E-state index in [1.54, 1.807) is 19.2 Å². The van der Waals surface area contributed by atoms with Crippen LogP contribution >= 0.6 is 11.8 Å². The van der Waals surface area contributed by atoms with Gasteiger partial charge in [0.1, 0.15) is 5.75 Å². The van der Waals surface area contributed by atoms with Crippen LogP contribution < -0.4 is 4.74 Å². The number of aryl methyl sites for hydroxylation is 2. The molecular weight excluding hydrogens is 374 g/mol. The molecule has 6 heteroatoms. The molecule has 2 amide bonds. The molecule has 0 bridgehead atoms. The van der Waals surface area contributed by atoms with Gasteiger partial charge in [0.2, 0.25) is 0 Å². The minimum atomic E-state index is -0.313. The average Bonchev–Trinajstić information content (AvgIpc) is 2.93. The van der Waals surface area contributed by atoms with Gasteiger partial charge in [0.25, 0.3) is 11.8 Å². The fourth-order valence-corrected chi connectivity index (χ4v) is 3.92. The highest BCUT2D eigenvalue weighted by Gasteiger charge is 2.39. The van der Waals surface area contributed by atoms with E-state index in [1.165, 1.54) is 16.7 Å². The molecule has 1 N–H and O–H groups in total. The standard InChI is InChI=1S/C22H23NO4S/c1-14-4-7-17(12-15(14)2)19-20(28-11-10-24)22(26)23(21(19)25)13-16-5-8-18(27-3)9-6-16/h4-9,12,24H,10-11,13H2,1-3H3. The molecule has 1 aliphatic rings. The van der Waals surface area contributed by atoms with Crippen LogP contribution in [0.4, 0.5) is 0 Å². The van der Waals surface area contributed by atoms with Crippen LogP contribution in [0.1, 0.15) is 22.3 Å². The van der Waals surface area contributed by atoms with Gasteiger partial charge in [-0.3, -0.25) is 14.5 Å². The van der Waals surface area contributed by atoms with E-state index >= 15 is 0 Å². The monoisotopic (exact) mass is 397 g/mol. The zero-order valence-corrected chi connectivity index (χ0v) is 17.0. The number of ether oxygens (including phenoxy) is 1. The number of carbonyl (C=O) groups excluding carboxylic acids is 2. The predicted octanol–water partition coefficient (Wildman–Crippen LogP) is 3.32. The third-order valence-electron chi connectivity index (χ3n) is 4.76. The second-order valence-electron chi connectivity index (χ2n) is 6.62. The Hall–Kier alpha value is -2.57. The van der Waals surface area contributed by atoms with Gasteiger partial charge < -0.3 is 9.84 Å². The van der Waals surface area contributed by atoms with Crippen LogP contribution in [0.5, 0.6) is 5.75 Å². The van der Waals surface area contributed by atoms with E-state index < -0.39 is 0 Å². The molecule has 146 valence electrons. The Morgan fingerprint density at radius 3 is 2.32 bits per heavy atom. The molecule has 1 heterocycles. The van der Waals surface area contributed by atoms with Crippen molar-refractivity contribution < 1.29 is 19.4 Å². The number of carbonyl (C=O) groups is 2. The number of aliphatic hydroxyl groups is 1. The van der Waals surface area contributed by atoms with Gasteiger partial charge in [0, 0.05) is 5.75 Å². The second kappa shape index (κ2) is 8.63. The smallest absolute Gasteiger partial charge is 0.268 e. The van der Waals surface area contributed by atoms with E-state index in [1.807, 2.05) is 44.2 Å². The molecule has 3 rings (SSSR count). The third kappa shape index (κ3) is 3.98. The molecule has 0 saturated carbocycles. The first-order valence-electron chi connectivity index (χ1n) is 9.01. The van der Waals surface area contributed by atoms with E-state index in [9.17, 15) is 14.7 Å². The number of methoxy groups -OCH3 is 1. The van der Waals surface area contributed by atoms with Crippen molar-refractivity contribution in [2.24, 2.45) is 0 Å². The number of thioether (sulfide) groups is 1. The summed E-state index contributed by atoms with van der Waals surface area (Å²) in [5, 5.41) is 9.20. The molecule has 0 aliphatic carbocycles. The SMILES string of the molecule is COc1ccc(CN2C(=O)C(SCCO)=C(c3ccc(C)c(C)c3)C2=O)cc1. The molecule has 0 aromatic heterocycles. The number of benzene rings is 2. The first kappa shape index (κ1) is 20.2. The van der Waals surface area contributed by atoms with E-state index in [0.29, 0.717) is 16.2 Å². The minimum absolute atomic E-state index is 0.0612. The molecule has 1 aliphatic heterocycles. The fourth-order valence-electron chi connectivity index (χ4n) is 3.04. The van der Waals surface area contributed by atoms with Gasteiger partial charge in [0.05, 0.1) is 30.7 Å². The van der Waals surface area contributed by atoms with Crippen LogP contribution in [-0.2, 0) is 16.1 Å². The number of nitrogens with zero attached hydrogens (tertiary/aromatic N) is 1. The maximum atomic E-state index is 13.2. The van der Waals surface area contributed by atoms with Crippen LogP contribution in [0.25, 0.3) is 5.57 Å². The molecule has 0 spiro atoms. The quantitative estimate of drug-likeness (QED) is 0.726. The Morgan fingerprint density at radius 2 is 1.71 bits per heavy atom. The summed E-state index contributed by atoms with van der Waals surface area (Å²) in [6.45, 7) is 4.12. The second-order valence-corrected chi connectivity index (χ2v) is 7.72. The number of rotatable bonds is 7. The molecule has 28 heavy (non-hydrogen) atoms. The molecule has 0 unspecified atom stereocenters. The van der Waals surface area contributed by atoms with Crippen molar-refractivity contribution in [1.82, 2.24) is 4.90 Å². The van der Waals surface area contributed by atoms with Crippen LogP contribution in [-0.4, -0.2) is 41.3 Å². The molecule has 5 nitrogen and oxygen atoms in total. The van der Waals surface area contributed by atoms with Crippen molar-refractivity contribution >= 4 is 29.1 Å². The topological polar surface area (TPSA) is 66.8 Å². The third-order valence-corrected chi connectivity index (χ3v) is 5.81. The lowest BCUT2D eigenvalue weighted by Gasteiger charge is -2.15. The Morgan fingerprint density at radius 1 is 1.00 bits per heavy atom. The van der Waals surface area contributed by atoms with Crippen molar-refractivity contribution in [2.45, 2.75) is 20.4 Å². The largest absolute Gasteiger partial charge is 0.497 e. The number of hydrogen-bond donors (Lipinski definition) is 1. The number of imide groups is 1. The van der Waals surface area contributed by atoms with Gasteiger partial charge in [-0.05, 0) is 48.2 Å². The number of hydrogen-bond acceptors (Lipinski definition) is 5. The first-order valence-corrected chi connectivity index (χ1v) is 9.99. The van der Waals surface area contributed by atoms with Gasteiger partial charge in [-0.25, -0.2) is 0 Å². The lowest BCUT2D eigenvalue weighted by Crippen LogP contribution is -2.31. The summed E-state index contributed by atoms with van der Waals surface area (Å²) in [5.74, 6) is 0.465. The van der Waals surface area contributed by atoms with Gasteiger partial charge in [0.15, 0.2) is 0 Å². The maximum Gasteiger partial charge on any atom is 0.268 e. The highest BCUT2D eigenvalue weighted by molar-refractivity contribution is 8.04. The molecule has 2 aromatic rings. The Kier molecular flexibility index (Phi) is 6.21. The highest BCUT2D eigenvalue weighted by atomic mass is 32.2. The van der Waals surface area contributed by atoms with E-state index in [-0.39, 0.29) is 25.0 Å². The summed E-state index contributed by atoms with van der Waals surface area (Å²) in [7, 11) is 1.59. The molecule has 0 radical (unpaired) electrons. The highest BCUT2D eigenvalue weighted by Crippen LogP contribution is 2.37. The van der Waals surface area contributed by atoms with Crippen molar-refractivity contribution in [3.63, 3.8) is 0 Å². The lowest BCUT2D eigenvalue weighted by atomic mass is 10.0. The zero-order valence-electron chi connectivity index (χ0n) is 16.2. The summed E-state index contributed by atoms with van der Waals surface area (Å²) in [6, 6.07) is 13.1. The van der Waals surface area contributed by atoms with Crippen molar-refractivity contribution in [2.75, 3.05) is 19.5 Å².